The lowest BCUT2D eigenvalue weighted by molar-refractivity contribution is -0.128. The van der Waals surface area contributed by atoms with Crippen LogP contribution in [0.4, 0.5) is 11.4 Å². The minimum Gasteiger partial charge on any atom is -0.465 e. The van der Waals surface area contributed by atoms with Crippen LogP contribution in [0.25, 0.3) is 0 Å². The lowest BCUT2D eigenvalue weighted by Gasteiger charge is -2.26. The average molecular weight is 291 g/mol. The van der Waals surface area contributed by atoms with E-state index in [1.54, 1.807) is 25.2 Å². The molecular weight excluding hydrogens is 270 g/mol. The Kier molecular flexibility index (Phi) is 4.06. The van der Waals surface area contributed by atoms with Crippen LogP contribution < -0.4 is 16.0 Å². The molecule has 1 atom stereocenters. The zero-order chi connectivity index (χ0) is 15.6. The highest BCUT2D eigenvalue weighted by molar-refractivity contribution is 5.99. The number of hydrogen-bond acceptors (Lipinski definition) is 5. The second kappa shape index (κ2) is 5.63. The fourth-order valence-corrected chi connectivity index (χ4v) is 2.83. The summed E-state index contributed by atoms with van der Waals surface area (Å²) in [5.74, 6) is -0.426. The molecule has 21 heavy (non-hydrogen) atoms. The highest BCUT2D eigenvalue weighted by Crippen LogP contribution is 2.37. The first-order chi connectivity index (χ1) is 9.92. The molecule has 1 aromatic carbocycles. The summed E-state index contributed by atoms with van der Waals surface area (Å²) in [5, 5.41) is 2.69. The summed E-state index contributed by atoms with van der Waals surface area (Å²) in [6.07, 6.45) is 0.710. The normalized spacial score (nSPS) is 21.2. The molecule has 0 aromatic heterocycles. The number of nitrogens with one attached hydrogen (secondary N) is 1. The third-order valence-electron chi connectivity index (χ3n) is 4.04. The van der Waals surface area contributed by atoms with Crippen molar-refractivity contribution in [3.8, 4) is 0 Å². The van der Waals surface area contributed by atoms with Crippen LogP contribution in [0.1, 0.15) is 23.7 Å². The first-order valence-electron chi connectivity index (χ1n) is 6.87. The third kappa shape index (κ3) is 2.66. The van der Waals surface area contributed by atoms with Gasteiger partial charge in [-0.3, -0.25) is 4.79 Å². The Balaban J connectivity index is 2.36. The van der Waals surface area contributed by atoms with Crippen molar-refractivity contribution in [2.45, 2.75) is 13.3 Å². The summed E-state index contributed by atoms with van der Waals surface area (Å²) in [5.41, 5.74) is 7.15. The number of nitrogens with zero attached hydrogens (tertiary/aromatic N) is 1. The smallest absolute Gasteiger partial charge is 0.340 e. The van der Waals surface area contributed by atoms with E-state index in [0.717, 1.165) is 0 Å². The lowest BCUT2D eigenvalue weighted by Crippen LogP contribution is -2.39. The van der Waals surface area contributed by atoms with Gasteiger partial charge in [0.05, 0.1) is 29.5 Å². The van der Waals surface area contributed by atoms with E-state index in [2.05, 4.69) is 5.32 Å². The Morgan fingerprint density at radius 3 is 2.76 bits per heavy atom. The van der Waals surface area contributed by atoms with Crippen molar-refractivity contribution in [2.24, 2.45) is 5.41 Å². The summed E-state index contributed by atoms with van der Waals surface area (Å²) < 4.78 is 4.81. The Hall–Kier alpha value is -2.24. The Labute approximate surface area is 124 Å². The molecule has 3 N–H and O–H groups in total. The van der Waals surface area contributed by atoms with Gasteiger partial charge in [-0.05, 0) is 25.5 Å². The van der Waals surface area contributed by atoms with Crippen molar-refractivity contribution < 1.29 is 14.3 Å². The van der Waals surface area contributed by atoms with Gasteiger partial charge in [0.2, 0.25) is 5.91 Å². The minimum atomic E-state index is -0.482. The summed E-state index contributed by atoms with van der Waals surface area (Å²) in [6, 6.07) is 5.16. The number of nitrogen functional groups attached to an aromatic ring is 1. The molecule has 1 aliphatic heterocycles. The Morgan fingerprint density at radius 2 is 2.14 bits per heavy atom. The van der Waals surface area contributed by atoms with Gasteiger partial charge in [0.15, 0.2) is 0 Å². The second-order valence-corrected chi connectivity index (χ2v) is 5.55. The van der Waals surface area contributed by atoms with Gasteiger partial charge in [-0.2, -0.15) is 0 Å². The summed E-state index contributed by atoms with van der Waals surface area (Å²) in [7, 11) is 2.97. The highest BCUT2D eigenvalue weighted by Gasteiger charge is 2.41. The topological polar surface area (TPSA) is 84.7 Å². The van der Waals surface area contributed by atoms with Crippen LogP contribution in [-0.2, 0) is 9.53 Å². The standard InChI is InChI=1S/C15H21N3O3/c1-15(14(20)17-2)7-8-18(9-15)12-10(13(19)21-3)5-4-6-11(12)16/h4-6H,7-9,16H2,1-3H3,(H,17,20). The lowest BCUT2D eigenvalue weighted by atomic mass is 9.89. The monoisotopic (exact) mass is 291 g/mol. The molecule has 0 aliphatic carbocycles. The van der Waals surface area contributed by atoms with Gasteiger partial charge >= 0.3 is 5.97 Å². The van der Waals surface area contributed by atoms with Crippen molar-refractivity contribution in [1.82, 2.24) is 5.32 Å². The number of carbonyl (C=O) groups excluding carboxylic acids is 2. The molecule has 6 nitrogen and oxygen atoms in total. The zero-order valence-corrected chi connectivity index (χ0v) is 12.6. The number of benzene rings is 1. The molecule has 1 fully saturated rings. The average Bonchev–Trinajstić information content (AvgIpc) is 2.88. The second-order valence-electron chi connectivity index (χ2n) is 5.55. The summed E-state index contributed by atoms with van der Waals surface area (Å²) >= 11 is 0. The molecule has 114 valence electrons. The Morgan fingerprint density at radius 1 is 1.43 bits per heavy atom. The van der Waals surface area contributed by atoms with Crippen LogP contribution in [0.5, 0.6) is 0 Å². The van der Waals surface area contributed by atoms with Crippen LogP contribution in [0, 0.1) is 5.41 Å². The number of esters is 1. The molecule has 2 rings (SSSR count). The van der Waals surface area contributed by atoms with Crippen molar-refractivity contribution in [3.63, 3.8) is 0 Å². The SMILES string of the molecule is CNC(=O)C1(C)CCN(c2c(N)cccc2C(=O)OC)C1. The molecule has 1 saturated heterocycles. The van der Waals surface area contributed by atoms with E-state index in [1.807, 2.05) is 11.8 Å². The summed E-state index contributed by atoms with van der Waals surface area (Å²) in [4.78, 5) is 25.9. The van der Waals surface area contributed by atoms with Gasteiger partial charge in [0.25, 0.3) is 0 Å². The molecule has 1 aromatic rings. The molecular formula is C15H21N3O3. The van der Waals surface area contributed by atoms with Gasteiger partial charge in [-0.15, -0.1) is 0 Å². The molecule has 0 spiro atoms. The van der Waals surface area contributed by atoms with Crippen LogP contribution in [0.3, 0.4) is 0 Å². The minimum absolute atomic E-state index is 0.000814. The van der Waals surface area contributed by atoms with Crippen molar-refractivity contribution in [3.05, 3.63) is 23.8 Å². The van der Waals surface area contributed by atoms with Gasteiger partial charge in [0.1, 0.15) is 0 Å². The van der Waals surface area contributed by atoms with E-state index in [1.165, 1.54) is 7.11 Å². The molecule has 1 aliphatic rings. The third-order valence-corrected chi connectivity index (χ3v) is 4.04. The van der Waals surface area contributed by atoms with E-state index >= 15 is 0 Å². The van der Waals surface area contributed by atoms with Crippen molar-refractivity contribution in [1.29, 1.82) is 0 Å². The Bertz CT molecular complexity index is 573. The molecule has 1 amide bonds. The fraction of sp³-hybridized carbons (Fsp3) is 0.467. The maximum atomic E-state index is 12.0. The molecule has 0 saturated carbocycles. The predicted octanol–water partition coefficient (Wildman–Crippen LogP) is 1.02. The fourth-order valence-electron chi connectivity index (χ4n) is 2.83. The van der Waals surface area contributed by atoms with Gasteiger partial charge < -0.3 is 20.7 Å². The quantitative estimate of drug-likeness (QED) is 0.641. The first kappa shape index (κ1) is 15.2. The van der Waals surface area contributed by atoms with Gasteiger partial charge in [0, 0.05) is 20.1 Å². The number of rotatable bonds is 3. The van der Waals surface area contributed by atoms with Crippen LogP contribution >= 0.6 is 0 Å². The van der Waals surface area contributed by atoms with Crippen LogP contribution in [-0.4, -0.2) is 39.1 Å². The largest absolute Gasteiger partial charge is 0.465 e. The number of ether oxygens (including phenoxy) is 1. The van der Waals surface area contributed by atoms with Gasteiger partial charge in [-0.25, -0.2) is 4.79 Å². The number of methoxy groups -OCH3 is 1. The van der Waals surface area contributed by atoms with E-state index in [4.69, 9.17) is 10.5 Å². The zero-order valence-electron chi connectivity index (χ0n) is 12.6. The van der Waals surface area contributed by atoms with E-state index < -0.39 is 11.4 Å². The maximum absolute atomic E-state index is 12.0. The van der Waals surface area contributed by atoms with Crippen LogP contribution in [0.2, 0.25) is 0 Å². The van der Waals surface area contributed by atoms with Crippen molar-refractivity contribution >= 4 is 23.3 Å². The van der Waals surface area contributed by atoms with Gasteiger partial charge in [-0.1, -0.05) is 6.07 Å². The number of anilines is 2. The maximum Gasteiger partial charge on any atom is 0.340 e. The number of nitrogens with two attached hydrogens (primary N) is 1. The van der Waals surface area contributed by atoms with Crippen molar-refractivity contribution in [2.75, 3.05) is 37.9 Å². The van der Waals surface area contributed by atoms with E-state index in [0.29, 0.717) is 36.4 Å². The molecule has 6 heteroatoms. The van der Waals surface area contributed by atoms with E-state index in [-0.39, 0.29) is 5.91 Å². The first-order valence-corrected chi connectivity index (χ1v) is 6.87. The molecule has 1 unspecified atom stereocenters. The number of amides is 1. The highest BCUT2D eigenvalue weighted by atomic mass is 16.5. The number of hydrogen-bond donors (Lipinski definition) is 2. The predicted molar refractivity (Wildman–Crippen MR) is 81.2 cm³/mol. The number of carbonyl (C=O) groups is 2. The van der Waals surface area contributed by atoms with Crippen LogP contribution in [0.15, 0.2) is 18.2 Å². The summed E-state index contributed by atoms with van der Waals surface area (Å²) in [6.45, 7) is 3.11. The molecule has 1 heterocycles. The molecule has 0 radical (unpaired) electrons. The van der Waals surface area contributed by atoms with E-state index in [9.17, 15) is 9.59 Å². The molecule has 0 bridgehead atoms. The number of para-hydroxylation sites is 1.